The van der Waals surface area contributed by atoms with Crippen molar-refractivity contribution in [1.29, 1.82) is 0 Å². The summed E-state index contributed by atoms with van der Waals surface area (Å²) in [7, 11) is 3.35. The Balaban J connectivity index is 1.52. The summed E-state index contributed by atoms with van der Waals surface area (Å²) >= 11 is 0. The molecule has 1 saturated carbocycles. The van der Waals surface area contributed by atoms with Crippen LogP contribution in [0.4, 0.5) is 27.9 Å². The van der Waals surface area contributed by atoms with Crippen molar-refractivity contribution in [2.45, 2.75) is 51.0 Å². The second kappa shape index (κ2) is 10.7. The Morgan fingerprint density at radius 3 is 2.55 bits per heavy atom. The Bertz CT molecular complexity index is 968. The summed E-state index contributed by atoms with van der Waals surface area (Å²) < 4.78 is 19.1. The van der Waals surface area contributed by atoms with Crippen LogP contribution in [-0.4, -0.2) is 59.0 Å². The van der Waals surface area contributed by atoms with Gasteiger partial charge in [-0.05, 0) is 57.3 Å². The van der Waals surface area contributed by atoms with Gasteiger partial charge >= 0.3 is 0 Å². The smallest absolute Gasteiger partial charge is 0.244 e. The highest BCUT2D eigenvalue weighted by atomic mass is 19.1. The number of nitrogens with zero attached hydrogens (tertiary/aromatic N) is 4. The number of aromatic nitrogens is 3. The molecule has 1 amide bonds. The molecule has 2 heterocycles. The highest BCUT2D eigenvalue weighted by Crippen LogP contribution is 2.25. The van der Waals surface area contributed by atoms with Crippen molar-refractivity contribution < 1.29 is 13.9 Å². The third kappa shape index (κ3) is 6.07. The van der Waals surface area contributed by atoms with Crippen molar-refractivity contribution >= 4 is 29.4 Å². The summed E-state index contributed by atoms with van der Waals surface area (Å²) in [5.74, 6) is 0.856. The van der Waals surface area contributed by atoms with Crippen LogP contribution in [0.5, 0.6) is 5.75 Å². The average molecular weight is 458 g/mol. The molecule has 10 heteroatoms. The lowest BCUT2D eigenvalue weighted by Crippen LogP contribution is -2.37. The van der Waals surface area contributed by atoms with Crippen molar-refractivity contribution in [3.8, 4) is 5.75 Å². The number of anilines is 4. The molecule has 0 radical (unpaired) electrons. The summed E-state index contributed by atoms with van der Waals surface area (Å²) in [6, 6.07) is 4.31. The highest BCUT2D eigenvalue weighted by molar-refractivity contribution is 5.93. The van der Waals surface area contributed by atoms with Gasteiger partial charge in [0.2, 0.25) is 23.8 Å². The van der Waals surface area contributed by atoms with Crippen LogP contribution < -0.4 is 20.7 Å². The zero-order valence-electron chi connectivity index (χ0n) is 19.2. The number of likely N-dealkylation sites (N-methyl/N-ethyl adjacent to an activating group) is 1. The van der Waals surface area contributed by atoms with E-state index < -0.39 is 5.82 Å². The fraction of sp³-hybridized carbons (Fsp3) is 0.565. The van der Waals surface area contributed by atoms with Gasteiger partial charge in [0.05, 0.1) is 13.2 Å². The van der Waals surface area contributed by atoms with E-state index in [0.29, 0.717) is 17.6 Å². The van der Waals surface area contributed by atoms with E-state index in [4.69, 9.17) is 4.74 Å². The Kier molecular flexibility index (Phi) is 7.54. The largest absolute Gasteiger partial charge is 0.494 e. The molecule has 9 nitrogen and oxygen atoms in total. The number of hydrogen-bond acceptors (Lipinski definition) is 8. The molecule has 2 fully saturated rings. The standard InChI is InChI=1S/C23H32FN7O2/c1-31-12-6-9-18(31)20(32)27-23-29-21(25-14-15-7-4-3-5-8-15)28-22(30-23)26-16-10-11-19(33-2)17(24)13-16/h10-11,13,15,18H,3-9,12,14H2,1-2H3,(H3,25,26,27,28,29,30,32). The first kappa shape index (κ1) is 23.2. The van der Waals surface area contributed by atoms with Crippen molar-refractivity contribution in [2.75, 3.05) is 43.2 Å². The van der Waals surface area contributed by atoms with Gasteiger partial charge < -0.3 is 15.4 Å². The number of hydrogen-bond donors (Lipinski definition) is 3. The predicted octanol–water partition coefficient (Wildman–Crippen LogP) is 3.79. The van der Waals surface area contributed by atoms with E-state index in [1.807, 2.05) is 11.9 Å². The molecule has 1 aromatic carbocycles. The van der Waals surface area contributed by atoms with Crippen LogP contribution in [-0.2, 0) is 4.79 Å². The number of nitrogens with one attached hydrogen (secondary N) is 3. The fourth-order valence-corrected chi connectivity index (χ4v) is 4.50. The molecule has 1 aromatic heterocycles. The molecule has 2 aliphatic rings. The fourth-order valence-electron chi connectivity index (χ4n) is 4.50. The van der Waals surface area contributed by atoms with Crippen LogP contribution in [0, 0.1) is 11.7 Å². The third-order valence-corrected chi connectivity index (χ3v) is 6.38. The van der Waals surface area contributed by atoms with E-state index in [9.17, 15) is 9.18 Å². The summed E-state index contributed by atoms with van der Waals surface area (Å²) in [5.41, 5.74) is 0.463. The van der Waals surface area contributed by atoms with Crippen molar-refractivity contribution in [1.82, 2.24) is 19.9 Å². The van der Waals surface area contributed by atoms with Crippen LogP contribution in [0.1, 0.15) is 44.9 Å². The monoisotopic (exact) mass is 457 g/mol. The first-order valence-electron chi connectivity index (χ1n) is 11.6. The van der Waals surface area contributed by atoms with E-state index in [-0.39, 0.29) is 29.6 Å². The lowest BCUT2D eigenvalue weighted by Gasteiger charge is -2.22. The van der Waals surface area contributed by atoms with Gasteiger partial charge in [-0.25, -0.2) is 4.39 Å². The Hall–Kier alpha value is -3.01. The molecule has 1 aliphatic carbocycles. The van der Waals surface area contributed by atoms with E-state index in [1.54, 1.807) is 6.07 Å². The SMILES string of the molecule is COc1ccc(Nc2nc(NCC3CCCCC3)nc(NC(=O)C3CCCN3C)n2)cc1F. The predicted molar refractivity (Wildman–Crippen MR) is 125 cm³/mol. The van der Waals surface area contributed by atoms with Gasteiger partial charge in [-0.3, -0.25) is 15.0 Å². The summed E-state index contributed by atoms with van der Waals surface area (Å²) in [6.45, 7) is 1.65. The maximum absolute atomic E-state index is 14.1. The molecule has 1 aliphatic heterocycles. The quantitative estimate of drug-likeness (QED) is 0.550. The second-order valence-corrected chi connectivity index (χ2v) is 8.79. The van der Waals surface area contributed by atoms with Crippen molar-refractivity contribution in [2.24, 2.45) is 5.92 Å². The van der Waals surface area contributed by atoms with Gasteiger partial charge in [0.1, 0.15) is 0 Å². The van der Waals surface area contributed by atoms with Gasteiger partial charge in [-0.15, -0.1) is 0 Å². The van der Waals surface area contributed by atoms with Crippen LogP contribution in [0.15, 0.2) is 18.2 Å². The molecule has 178 valence electrons. The molecule has 4 rings (SSSR count). The first-order chi connectivity index (χ1) is 16.0. The summed E-state index contributed by atoms with van der Waals surface area (Å²) in [4.78, 5) is 28.0. The normalized spacial score (nSPS) is 19.3. The van der Waals surface area contributed by atoms with E-state index in [1.165, 1.54) is 51.3 Å². The maximum atomic E-state index is 14.1. The van der Waals surface area contributed by atoms with Crippen LogP contribution in [0.2, 0.25) is 0 Å². The van der Waals surface area contributed by atoms with Gasteiger partial charge in [0.25, 0.3) is 0 Å². The molecular formula is C23H32FN7O2. The highest BCUT2D eigenvalue weighted by Gasteiger charge is 2.28. The number of ether oxygens (including phenoxy) is 1. The molecule has 2 aromatic rings. The van der Waals surface area contributed by atoms with E-state index in [0.717, 1.165) is 25.9 Å². The van der Waals surface area contributed by atoms with Gasteiger partial charge in [0.15, 0.2) is 11.6 Å². The van der Waals surface area contributed by atoms with Gasteiger partial charge in [0, 0.05) is 18.3 Å². The molecule has 1 unspecified atom stereocenters. The topological polar surface area (TPSA) is 104 Å². The summed E-state index contributed by atoms with van der Waals surface area (Å²) in [6.07, 6.45) is 7.94. The number of rotatable bonds is 8. The van der Waals surface area contributed by atoms with Gasteiger partial charge in [-0.2, -0.15) is 15.0 Å². The minimum absolute atomic E-state index is 0.138. The van der Waals surface area contributed by atoms with Crippen LogP contribution in [0.25, 0.3) is 0 Å². The Morgan fingerprint density at radius 2 is 1.85 bits per heavy atom. The lowest BCUT2D eigenvalue weighted by atomic mass is 9.89. The van der Waals surface area contributed by atoms with Gasteiger partial charge in [-0.1, -0.05) is 19.3 Å². The van der Waals surface area contributed by atoms with Crippen LogP contribution >= 0.6 is 0 Å². The van der Waals surface area contributed by atoms with E-state index >= 15 is 0 Å². The number of carbonyl (C=O) groups excluding carboxylic acids is 1. The molecule has 1 atom stereocenters. The van der Waals surface area contributed by atoms with Crippen LogP contribution in [0.3, 0.4) is 0 Å². The minimum Gasteiger partial charge on any atom is -0.494 e. The maximum Gasteiger partial charge on any atom is 0.244 e. The average Bonchev–Trinajstić information content (AvgIpc) is 3.24. The molecule has 33 heavy (non-hydrogen) atoms. The molecule has 0 bridgehead atoms. The van der Waals surface area contributed by atoms with Crippen molar-refractivity contribution in [3.63, 3.8) is 0 Å². The molecular weight excluding hydrogens is 425 g/mol. The molecule has 1 saturated heterocycles. The number of benzene rings is 1. The number of amides is 1. The zero-order chi connectivity index (χ0) is 23.2. The molecule has 3 N–H and O–H groups in total. The summed E-state index contributed by atoms with van der Waals surface area (Å²) in [5, 5.41) is 9.14. The first-order valence-corrected chi connectivity index (χ1v) is 11.6. The van der Waals surface area contributed by atoms with Crippen molar-refractivity contribution in [3.05, 3.63) is 24.0 Å². The number of likely N-dealkylation sites (tertiary alicyclic amines) is 1. The van der Waals surface area contributed by atoms with E-state index in [2.05, 4.69) is 30.9 Å². The number of methoxy groups -OCH3 is 1. The second-order valence-electron chi connectivity index (χ2n) is 8.79. The molecule has 0 spiro atoms. The minimum atomic E-state index is -0.495. The zero-order valence-corrected chi connectivity index (χ0v) is 19.2. The Morgan fingerprint density at radius 1 is 1.09 bits per heavy atom. The number of carbonyl (C=O) groups is 1. The lowest BCUT2D eigenvalue weighted by molar-refractivity contribution is -0.120. The Labute approximate surface area is 193 Å². The number of halogens is 1. The third-order valence-electron chi connectivity index (χ3n) is 6.38.